The Labute approximate surface area is 148 Å². The van der Waals surface area contributed by atoms with Crippen LogP contribution in [-0.4, -0.2) is 79.1 Å². The fourth-order valence-corrected chi connectivity index (χ4v) is 5.98. The normalized spacial score (nSPS) is 27.9. The summed E-state index contributed by atoms with van der Waals surface area (Å²) in [4.78, 5) is 5.23. The third-order valence-corrected chi connectivity index (χ3v) is 8.84. The molecular weight excluding hydrogens is 322 g/mol. The zero-order valence-electron chi connectivity index (χ0n) is 15.9. The van der Waals surface area contributed by atoms with Gasteiger partial charge in [0.2, 0.25) is 10.0 Å². The molecule has 3 heterocycles. The predicted octanol–water partition coefficient (Wildman–Crippen LogP) is 2.00. The molecule has 0 unspecified atom stereocenters. The van der Waals surface area contributed by atoms with Crippen molar-refractivity contribution in [3.8, 4) is 0 Å². The number of piperidine rings is 2. The van der Waals surface area contributed by atoms with Crippen LogP contribution in [0.3, 0.4) is 0 Å². The average Bonchev–Trinajstić information content (AvgIpc) is 2.52. The summed E-state index contributed by atoms with van der Waals surface area (Å²) in [6.07, 6.45) is 4.67. The maximum atomic E-state index is 12.3. The Morgan fingerprint density at radius 2 is 1.46 bits per heavy atom. The van der Waals surface area contributed by atoms with E-state index >= 15 is 0 Å². The fraction of sp³-hybridized carbons (Fsp3) is 1.00. The molecule has 3 rings (SSSR count). The standard InChI is InChI=1S/C18H35N3O2S/c1-15(2)19-11-7-18(8-12-19)13-20(14-18)17-5-9-21(10-6-17)24(22,23)16(3)4/h15-17H,5-14H2,1-4H3. The minimum absolute atomic E-state index is 0.299. The average molecular weight is 358 g/mol. The van der Waals surface area contributed by atoms with Crippen molar-refractivity contribution in [1.29, 1.82) is 0 Å². The Kier molecular flexibility index (Phi) is 5.32. The maximum Gasteiger partial charge on any atom is 0.216 e. The zero-order valence-corrected chi connectivity index (χ0v) is 16.7. The van der Waals surface area contributed by atoms with E-state index in [0.717, 1.165) is 12.8 Å². The highest BCUT2D eigenvalue weighted by Crippen LogP contribution is 2.43. The van der Waals surface area contributed by atoms with Gasteiger partial charge in [-0.2, -0.15) is 0 Å². The first-order valence-electron chi connectivity index (χ1n) is 9.71. The monoisotopic (exact) mass is 357 g/mol. The Morgan fingerprint density at radius 1 is 0.917 bits per heavy atom. The van der Waals surface area contributed by atoms with Crippen molar-refractivity contribution in [2.75, 3.05) is 39.3 Å². The number of nitrogens with zero attached hydrogens (tertiary/aromatic N) is 3. The molecule has 0 aromatic carbocycles. The lowest BCUT2D eigenvalue weighted by Crippen LogP contribution is -2.64. The van der Waals surface area contributed by atoms with Crippen molar-refractivity contribution in [3.63, 3.8) is 0 Å². The summed E-state index contributed by atoms with van der Waals surface area (Å²) in [5, 5.41) is -0.299. The summed E-state index contributed by atoms with van der Waals surface area (Å²) < 4.78 is 26.3. The lowest BCUT2D eigenvalue weighted by Gasteiger charge is -2.57. The Bertz CT molecular complexity index is 522. The molecular formula is C18H35N3O2S. The number of sulfonamides is 1. The summed E-state index contributed by atoms with van der Waals surface area (Å²) in [6, 6.07) is 1.27. The van der Waals surface area contributed by atoms with Crippen LogP contribution in [0.15, 0.2) is 0 Å². The van der Waals surface area contributed by atoms with Gasteiger partial charge in [0.1, 0.15) is 0 Å². The van der Waals surface area contributed by atoms with E-state index in [9.17, 15) is 8.42 Å². The van der Waals surface area contributed by atoms with Gasteiger partial charge in [-0.3, -0.25) is 4.90 Å². The summed E-state index contributed by atoms with van der Waals surface area (Å²) in [6.45, 7) is 14.5. The summed E-state index contributed by atoms with van der Waals surface area (Å²) in [5.74, 6) is 0. The second-order valence-electron chi connectivity index (χ2n) is 8.76. The molecule has 0 atom stereocenters. The first-order chi connectivity index (χ1) is 11.2. The SMILES string of the molecule is CC(C)N1CCC2(CC1)CN(C1CCN(S(=O)(=O)C(C)C)CC1)C2. The van der Waals surface area contributed by atoms with Crippen LogP contribution in [0.5, 0.6) is 0 Å². The van der Waals surface area contributed by atoms with Crippen LogP contribution in [0.1, 0.15) is 53.4 Å². The number of hydrogen-bond donors (Lipinski definition) is 0. The molecule has 3 saturated heterocycles. The molecule has 0 saturated carbocycles. The van der Waals surface area contributed by atoms with Gasteiger partial charge < -0.3 is 4.90 Å². The molecule has 0 aromatic heterocycles. The second kappa shape index (κ2) is 6.86. The largest absolute Gasteiger partial charge is 0.301 e. The topological polar surface area (TPSA) is 43.9 Å². The van der Waals surface area contributed by atoms with Gasteiger partial charge in [-0.1, -0.05) is 0 Å². The van der Waals surface area contributed by atoms with Gasteiger partial charge in [0.25, 0.3) is 0 Å². The van der Waals surface area contributed by atoms with Gasteiger partial charge in [-0.05, 0) is 71.9 Å². The van der Waals surface area contributed by atoms with Crippen LogP contribution in [0.2, 0.25) is 0 Å². The molecule has 0 N–H and O–H groups in total. The van der Waals surface area contributed by atoms with E-state index in [4.69, 9.17) is 0 Å². The van der Waals surface area contributed by atoms with Gasteiger partial charge in [0, 0.05) is 38.3 Å². The number of rotatable bonds is 4. The third-order valence-electron chi connectivity index (χ3n) is 6.56. The maximum absolute atomic E-state index is 12.3. The predicted molar refractivity (Wildman–Crippen MR) is 98.6 cm³/mol. The van der Waals surface area contributed by atoms with Crippen LogP contribution in [-0.2, 0) is 10.0 Å². The Hall–Kier alpha value is -0.170. The van der Waals surface area contributed by atoms with E-state index in [1.165, 1.54) is 39.0 Å². The first kappa shape index (κ1) is 18.6. The van der Waals surface area contributed by atoms with E-state index < -0.39 is 10.0 Å². The molecule has 3 fully saturated rings. The fourth-order valence-electron chi connectivity index (χ4n) is 4.66. The molecule has 0 aliphatic carbocycles. The lowest BCUT2D eigenvalue weighted by molar-refractivity contribution is -0.0805. The zero-order chi connectivity index (χ0) is 17.5. The molecule has 3 aliphatic rings. The van der Waals surface area contributed by atoms with Crippen LogP contribution in [0.25, 0.3) is 0 Å². The van der Waals surface area contributed by atoms with Crippen molar-refractivity contribution in [3.05, 3.63) is 0 Å². The van der Waals surface area contributed by atoms with Crippen LogP contribution < -0.4 is 0 Å². The van der Waals surface area contributed by atoms with Crippen molar-refractivity contribution < 1.29 is 8.42 Å². The van der Waals surface area contributed by atoms with Crippen molar-refractivity contribution >= 4 is 10.0 Å². The van der Waals surface area contributed by atoms with E-state index in [1.807, 2.05) is 0 Å². The highest BCUT2D eigenvalue weighted by atomic mass is 32.2. The van der Waals surface area contributed by atoms with Gasteiger partial charge in [-0.15, -0.1) is 0 Å². The van der Waals surface area contributed by atoms with Crippen molar-refractivity contribution in [2.45, 2.75) is 70.7 Å². The molecule has 24 heavy (non-hydrogen) atoms. The Balaban J connectivity index is 1.45. The third kappa shape index (κ3) is 3.53. The van der Waals surface area contributed by atoms with E-state index in [0.29, 0.717) is 30.6 Å². The smallest absolute Gasteiger partial charge is 0.216 e. The minimum atomic E-state index is -3.07. The van der Waals surface area contributed by atoms with Gasteiger partial charge in [-0.25, -0.2) is 12.7 Å². The highest BCUT2D eigenvalue weighted by molar-refractivity contribution is 7.89. The van der Waals surface area contributed by atoms with Crippen molar-refractivity contribution in [1.82, 2.24) is 14.1 Å². The van der Waals surface area contributed by atoms with E-state index in [2.05, 4.69) is 23.6 Å². The molecule has 0 radical (unpaired) electrons. The molecule has 0 aromatic rings. The van der Waals surface area contributed by atoms with Crippen LogP contribution >= 0.6 is 0 Å². The number of hydrogen-bond acceptors (Lipinski definition) is 4. The molecule has 0 amide bonds. The molecule has 6 heteroatoms. The summed E-state index contributed by atoms with van der Waals surface area (Å²) in [7, 11) is -3.07. The second-order valence-corrected chi connectivity index (χ2v) is 11.2. The summed E-state index contributed by atoms with van der Waals surface area (Å²) in [5.41, 5.74) is 0.562. The molecule has 5 nitrogen and oxygen atoms in total. The van der Waals surface area contributed by atoms with Gasteiger partial charge in [0.15, 0.2) is 0 Å². The van der Waals surface area contributed by atoms with Crippen LogP contribution in [0, 0.1) is 5.41 Å². The molecule has 140 valence electrons. The van der Waals surface area contributed by atoms with Gasteiger partial charge >= 0.3 is 0 Å². The van der Waals surface area contributed by atoms with E-state index in [1.54, 1.807) is 18.2 Å². The number of likely N-dealkylation sites (tertiary alicyclic amines) is 2. The highest BCUT2D eigenvalue weighted by Gasteiger charge is 2.47. The lowest BCUT2D eigenvalue weighted by atomic mass is 9.70. The molecule has 3 aliphatic heterocycles. The molecule has 0 bridgehead atoms. The quantitative estimate of drug-likeness (QED) is 0.772. The summed E-state index contributed by atoms with van der Waals surface area (Å²) >= 11 is 0. The minimum Gasteiger partial charge on any atom is -0.301 e. The Morgan fingerprint density at radius 3 is 1.92 bits per heavy atom. The van der Waals surface area contributed by atoms with Crippen molar-refractivity contribution in [2.24, 2.45) is 5.41 Å². The van der Waals surface area contributed by atoms with E-state index in [-0.39, 0.29) is 5.25 Å². The van der Waals surface area contributed by atoms with Crippen LogP contribution in [0.4, 0.5) is 0 Å². The molecule has 1 spiro atoms. The first-order valence-corrected chi connectivity index (χ1v) is 11.2. The van der Waals surface area contributed by atoms with Gasteiger partial charge in [0.05, 0.1) is 5.25 Å².